The topological polar surface area (TPSA) is 21.6 Å². The molecule has 0 N–H and O–H groups in total. The molecule has 1 aromatic carbocycles. The second-order valence-corrected chi connectivity index (χ2v) is 2.90. The van der Waals surface area contributed by atoms with E-state index < -0.39 is 0 Å². The van der Waals surface area contributed by atoms with Crippen molar-refractivity contribution >= 4 is 6.40 Å². The van der Waals surface area contributed by atoms with E-state index in [1.54, 1.807) is 0 Å². The number of aliphatic imine (C=N–C) groups is 1. The molecule has 1 radical (unpaired) electrons. The summed E-state index contributed by atoms with van der Waals surface area (Å²) in [6.45, 7) is 2.72. The minimum Gasteiger partial charge on any atom is -0.471 e. The van der Waals surface area contributed by atoms with Crippen molar-refractivity contribution in [2.75, 3.05) is 6.61 Å². The fraction of sp³-hybridized carbons (Fsp3) is 0.300. The molecule has 12 heavy (non-hydrogen) atoms. The summed E-state index contributed by atoms with van der Waals surface area (Å²) in [5.41, 5.74) is 2.50. The molecule has 0 spiro atoms. The van der Waals surface area contributed by atoms with Crippen molar-refractivity contribution in [1.82, 2.24) is 0 Å². The van der Waals surface area contributed by atoms with Gasteiger partial charge in [-0.1, -0.05) is 24.3 Å². The third kappa shape index (κ3) is 1.20. The van der Waals surface area contributed by atoms with Crippen LogP contribution in [0.5, 0.6) is 0 Å². The molecule has 2 nitrogen and oxygen atoms in total. The van der Waals surface area contributed by atoms with Crippen molar-refractivity contribution in [3.05, 3.63) is 35.4 Å². The summed E-state index contributed by atoms with van der Waals surface area (Å²) in [6.07, 6.45) is 2.52. The average Bonchev–Trinajstić information content (AvgIpc) is 2.57. The van der Waals surface area contributed by atoms with Gasteiger partial charge in [-0.2, -0.15) is 0 Å². The zero-order valence-electron chi connectivity index (χ0n) is 6.95. The maximum atomic E-state index is 4.95. The molecule has 0 saturated carbocycles. The number of nitrogens with zero attached hydrogens (tertiary/aromatic N) is 1. The van der Waals surface area contributed by atoms with Crippen molar-refractivity contribution in [3.63, 3.8) is 0 Å². The zero-order chi connectivity index (χ0) is 8.39. The number of rotatable bonds is 1. The van der Waals surface area contributed by atoms with Gasteiger partial charge in [0, 0.05) is 0 Å². The van der Waals surface area contributed by atoms with E-state index >= 15 is 0 Å². The molecule has 0 fully saturated rings. The predicted molar refractivity (Wildman–Crippen MR) is 47.3 cm³/mol. The van der Waals surface area contributed by atoms with Crippen LogP contribution in [0.1, 0.15) is 17.2 Å². The first-order chi connectivity index (χ1) is 5.88. The van der Waals surface area contributed by atoms with Gasteiger partial charge in [0.05, 0.1) is 0 Å². The monoisotopic (exact) mass is 160 g/mol. The Bertz CT molecular complexity index is 306. The van der Waals surface area contributed by atoms with Gasteiger partial charge in [0.25, 0.3) is 6.40 Å². The standard InChI is InChI=1S/C10H10NO/c1-8-4-2-3-5-9(8)10-6-12-7-11-10/h2-5,10H,6H2,1H3. The summed E-state index contributed by atoms with van der Waals surface area (Å²) in [4.78, 5) is 4.09. The highest BCUT2D eigenvalue weighted by Crippen LogP contribution is 2.23. The van der Waals surface area contributed by atoms with Crippen LogP contribution in [0.4, 0.5) is 0 Å². The Hall–Kier alpha value is -1.31. The molecule has 1 atom stereocenters. The Balaban J connectivity index is 2.33. The molecule has 1 heterocycles. The summed E-state index contributed by atoms with van der Waals surface area (Å²) in [5.74, 6) is 0. The third-order valence-corrected chi connectivity index (χ3v) is 2.06. The van der Waals surface area contributed by atoms with Crippen LogP contribution >= 0.6 is 0 Å². The number of hydrogen-bond acceptors (Lipinski definition) is 2. The number of hydrogen-bond donors (Lipinski definition) is 0. The quantitative estimate of drug-likeness (QED) is 0.615. The summed E-state index contributed by atoms with van der Waals surface area (Å²) in [6, 6.07) is 8.38. The van der Waals surface area contributed by atoms with Gasteiger partial charge in [0.2, 0.25) is 0 Å². The Morgan fingerprint density at radius 1 is 1.50 bits per heavy atom. The van der Waals surface area contributed by atoms with E-state index in [0.29, 0.717) is 6.61 Å². The van der Waals surface area contributed by atoms with E-state index in [9.17, 15) is 0 Å². The van der Waals surface area contributed by atoms with Crippen LogP contribution in [-0.4, -0.2) is 13.0 Å². The van der Waals surface area contributed by atoms with Crippen LogP contribution < -0.4 is 0 Å². The van der Waals surface area contributed by atoms with E-state index in [0.717, 1.165) is 0 Å². The smallest absolute Gasteiger partial charge is 0.273 e. The van der Waals surface area contributed by atoms with Crippen LogP contribution in [0.15, 0.2) is 29.3 Å². The lowest BCUT2D eigenvalue weighted by Gasteiger charge is -2.08. The second kappa shape index (κ2) is 2.97. The Kier molecular flexibility index (Phi) is 1.82. The van der Waals surface area contributed by atoms with Gasteiger partial charge in [-0.25, -0.2) is 4.99 Å². The number of ether oxygens (including phenoxy) is 1. The molecule has 0 saturated heterocycles. The van der Waals surface area contributed by atoms with Crippen LogP contribution in [0.25, 0.3) is 0 Å². The molecule has 0 amide bonds. The molecule has 2 rings (SSSR count). The van der Waals surface area contributed by atoms with Crippen LogP contribution in [0.3, 0.4) is 0 Å². The van der Waals surface area contributed by atoms with Gasteiger partial charge < -0.3 is 4.74 Å². The third-order valence-electron chi connectivity index (χ3n) is 2.06. The highest BCUT2D eigenvalue weighted by atomic mass is 16.5. The second-order valence-electron chi connectivity index (χ2n) is 2.90. The molecule has 1 unspecified atom stereocenters. The van der Waals surface area contributed by atoms with Crippen LogP contribution in [0.2, 0.25) is 0 Å². The van der Waals surface area contributed by atoms with Gasteiger partial charge >= 0.3 is 0 Å². The van der Waals surface area contributed by atoms with Crippen molar-refractivity contribution in [3.8, 4) is 0 Å². The Morgan fingerprint density at radius 2 is 2.33 bits per heavy atom. The molecule has 1 aliphatic heterocycles. The van der Waals surface area contributed by atoms with Gasteiger partial charge in [-0.15, -0.1) is 0 Å². The summed E-state index contributed by atoms with van der Waals surface area (Å²) in [5, 5.41) is 0. The van der Waals surface area contributed by atoms with Gasteiger partial charge in [-0.3, -0.25) is 0 Å². The summed E-state index contributed by atoms with van der Waals surface area (Å²) >= 11 is 0. The molecule has 0 bridgehead atoms. The zero-order valence-corrected chi connectivity index (χ0v) is 6.95. The molecule has 61 valence electrons. The van der Waals surface area contributed by atoms with E-state index in [4.69, 9.17) is 4.74 Å². The predicted octanol–water partition coefficient (Wildman–Crippen LogP) is 1.97. The minimum absolute atomic E-state index is 0.159. The lowest BCUT2D eigenvalue weighted by atomic mass is 10.0. The highest BCUT2D eigenvalue weighted by Gasteiger charge is 2.15. The summed E-state index contributed by atoms with van der Waals surface area (Å²) in [7, 11) is 0. The molecular weight excluding hydrogens is 150 g/mol. The first-order valence-corrected chi connectivity index (χ1v) is 4.00. The number of benzene rings is 1. The molecule has 0 aliphatic carbocycles. The van der Waals surface area contributed by atoms with Crippen LogP contribution in [-0.2, 0) is 4.74 Å². The first kappa shape index (κ1) is 7.35. The maximum absolute atomic E-state index is 4.95. The fourth-order valence-corrected chi connectivity index (χ4v) is 1.37. The van der Waals surface area contributed by atoms with Crippen molar-refractivity contribution in [2.24, 2.45) is 4.99 Å². The molecule has 1 aromatic rings. The largest absolute Gasteiger partial charge is 0.471 e. The van der Waals surface area contributed by atoms with E-state index in [1.165, 1.54) is 11.1 Å². The lowest BCUT2D eigenvalue weighted by molar-refractivity contribution is 0.330. The van der Waals surface area contributed by atoms with Gasteiger partial charge in [0.15, 0.2) is 0 Å². The van der Waals surface area contributed by atoms with Gasteiger partial charge in [0.1, 0.15) is 12.6 Å². The van der Waals surface area contributed by atoms with Crippen molar-refractivity contribution < 1.29 is 4.74 Å². The van der Waals surface area contributed by atoms with Crippen molar-refractivity contribution in [2.45, 2.75) is 13.0 Å². The average molecular weight is 160 g/mol. The Morgan fingerprint density at radius 3 is 3.00 bits per heavy atom. The SMILES string of the molecule is Cc1ccccc1C1CO[C]=N1. The summed E-state index contributed by atoms with van der Waals surface area (Å²) < 4.78 is 4.95. The van der Waals surface area contributed by atoms with Crippen LogP contribution in [0, 0.1) is 6.92 Å². The van der Waals surface area contributed by atoms with E-state index in [-0.39, 0.29) is 6.04 Å². The molecule has 1 aliphatic rings. The number of aryl methyl sites for hydroxylation is 1. The Labute approximate surface area is 71.9 Å². The molecule has 0 aromatic heterocycles. The fourth-order valence-electron chi connectivity index (χ4n) is 1.37. The lowest BCUT2D eigenvalue weighted by Crippen LogP contribution is -1.99. The maximum Gasteiger partial charge on any atom is 0.273 e. The minimum atomic E-state index is 0.159. The molecule has 2 heteroatoms. The van der Waals surface area contributed by atoms with Gasteiger partial charge in [-0.05, 0) is 18.1 Å². The van der Waals surface area contributed by atoms with Crippen molar-refractivity contribution in [1.29, 1.82) is 0 Å². The normalized spacial score (nSPS) is 20.9. The highest BCUT2D eigenvalue weighted by molar-refractivity contribution is 5.50. The van der Waals surface area contributed by atoms with E-state index in [2.05, 4.69) is 30.4 Å². The first-order valence-electron chi connectivity index (χ1n) is 4.00. The van der Waals surface area contributed by atoms with E-state index in [1.807, 2.05) is 12.1 Å². The molecular formula is C10H10NO.